The molecule has 0 aliphatic carbocycles. The topological polar surface area (TPSA) is 73.4 Å². The second-order valence-electron chi connectivity index (χ2n) is 7.58. The van der Waals surface area contributed by atoms with Crippen molar-refractivity contribution < 1.29 is 13.9 Å². The van der Waals surface area contributed by atoms with E-state index < -0.39 is 0 Å². The Hall–Kier alpha value is -3.52. The lowest BCUT2D eigenvalue weighted by molar-refractivity contribution is -0.128. The van der Waals surface area contributed by atoms with Gasteiger partial charge in [-0.2, -0.15) is 0 Å². The van der Waals surface area contributed by atoms with Crippen LogP contribution in [0.15, 0.2) is 82.6 Å². The molecule has 4 rings (SSSR count). The van der Waals surface area contributed by atoms with Gasteiger partial charge in [0.2, 0.25) is 5.91 Å². The first-order valence-electron chi connectivity index (χ1n) is 10.6. The Labute approximate surface area is 197 Å². The molecule has 33 heavy (non-hydrogen) atoms. The second-order valence-corrected chi connectivity index (χ2v) is 8.53. The number of methoxy groups -OCH3 is 1. The van der Waals surface area contributed by atoms with E-state index in [1.807, 2.05) is 85.3 Å². The molecule has 0 fully saturated rings. The molecule has 1 amide bonds. The van der Waals surface area contributed by atoms with Gasteiger partial charge in [0.1, 0.15) is 11.5 Å². The molecule has 4 aromatic rings. The second kappa shape index (κ2) is 10.4. The van der Waals surface area contributed by atoms with Crippen molar-refractivity contribution in [2.24, 2.45) is 0 Å². The highest BCUT2D eigenvalue weighted by Gasteiger charge is 2.21. The van der Waals surface area contributed by atoms with Gasteiger partial charge < -0.3 is 14.1 Å². The molecule has 2 heterocycles. The van der Waals surface area contributed by atoms with Crippen LogP contribution >= 0.6 is 11.8 Å². The number of amides is 1. The average Bonchev–Trinajstić information content (AvgIpc) is 3.52. The average molecular weight is 463 g/mol. The maximum Gasteiger partial charge on any atom is 0.233 e. The zero-order valence-corrected chi connectivity index (χ0v) is 19.7. The molecule has 0 unspecified atom stereocenters. The quantitative estimate of drug-likeness (QED) is 0.329. The Bertz CT molecular complexity index is 1190. The van der Waals surface area contributed by atoms with Crippen LogP contribution in [-0.2, 0) is 11.3 Å². The fraction of sp³-hybridized carbons (Fsp3) is 0.240. The molecule has 0 radical (unpaired) electrons. The molecule has 0 spiro atoms. The first kappa shape index (κ1) is 22.7. The molecule has 0 bridgehead atoms. The summed E-state index contributed by atoms with van der Waals surface area (Å²) in [6.45, 7) is 2.48. The monoisotopic (exact) mass is 462 g/mol. The van der Waals surface area contributed by atoms with Crippen LogP contribution in [0.3, 0.4) is 0 Å². The summed E-state index contributed by atoms with van der Waals surface area (Å²) in [7, 11) is 3.46. The highest BCUT2D eigenvalue weighted by molar-refractivity contribution is 7.99. The highest BCUT2D eigenvalue weighted by atomic mass is 32.2. The lowest BCUT2D eigenvalue weighted by Crippen LogP contribution is -2.31. The zero-order chi connectivity index (χ0) is 23.2. The summed E-state index contributed by atoms with van der Waals surface area (Å²) in [5, 5.41) is 9.45. The van der Waals surface area contributed by atoms with Crippen molar-refractivity contribution in [2.45, 2.75) is 24.7 Å². The Morgan fingerprint density at radius 2 is 1.94 bits per heavy atom. The molecule has 0 aliphatic rings. The zero-order valence-electron chi connectivity index (χ0n) is 18.8. The first-order chi connectivity index (χ1) is 16.1. The number of aromatic nitrogens is 3. The van der Waals surface area contributed by atoms with E-state index in [0.717, 1.165) is 22.6 Å². The number of carbonyl (C=O) groups excluding carboxylic acids is 1. The standard InChI is InChI=1S/C25H26N4O3S/c1-18(19-9-5-4-6-10-19)28(2)23(30)17-33-25-27-26-24(20-11-7-12-21(15-20)31-3)29(25)16-22-13-8-14-32-22/h4-15,18H,16-17H2,1-3H3/t18-/m1/s1. The molecule has 2 aromatic carbocycles. The fourth-order valence-corrected chi connectivity index (χ4v) is 4.33. The van der Waals surface area contributed by atoms with Crippen molar-refractivity contribution in [3.63, 3.8) is 0 Å². The molecule has 8 heteroatoms. The van der Waals surface area contributed by atoms with Gasteiger partial charge in [0.15, 0.2) is 11.0 Å². The molecule has 0 saturated carbocycles. The maximum absolute atomic E-state index is 12.9. The van der Waals surface area contributed by atoms with E-state index in [2.05, 4.69) is 10.2 Å². The summed E-state index contributed by atoms with van der Waals surface area (Å²) in [4.78, 5) is 14.7. The molecule has 1 atom stereocenters. The highest BCUT2D eigenvalue weighted by Crippen LogP contribution is 2.28. The van der Waals surface area contributed by atoms with E-state index in [0.29, 0.717) is 17.5 Å². The van der Waals surface area contributed by atoms with Gasteiger partial charge in [-0.3, -0.25) is 9.36 Å². The fourth-order valence-electron chi connectivity index (χ4n) is 3.47. The summed E-state index contributed by atoms with van der Waals surface area (Å²) in [6.07, 6.45) is 1.64. The van der Waals surface area contributed by atoms with Gasteiger partial charge in [-0.1, -0.05) is 54.2 Å². The first-order valence-corrected chi connectivity index (χ1v) is 11.6. The van der Waals surface area contributed by atoms with Crippen LogP contribution < -0.4 is 4.74 Å². The molecular weight excluding hydrogens is 436 g/mol. The minimum atomic E-state index is -0.0207. The van der Waals surface area contributed by atoms with E-state index in [4.69, 9.17) is 9.15 Å². The summed E-state index contributed by atoms with van der Waals surface area (Å²) in [6, 6.07) is 21.4. The van der Waals surface area contributed by atoms with Gasteiger partial charge in [0.25, 0.3) is 0 Å². The molecule has 0 aliphatic heterocycles. The lowest BCUT2D eigenvalue weighted by Gasteiger charge is -2.25. The van der Waals surface area contributed by atoms with E-state index in [-0.39, 0.29) is 17.7 Å². The molecule has 2 aromatic heterocycles. The Morgan fingerprint density at radius 3 is 2.67 bits per heavy atom. The van der Waals surface area contributed by atoms with E-state index in [1.54, 1.807) is 18.3 Å². The summed E-state index contributed by atoms with van der Waals surface area (Å²) >= 11 is 1.37. The van der Waals surface area contributed by atoms with Gasteiger partial charge in [-0.05, 0) is 36.8 Å². The molecular formula is C25H26N4O3S. The van der Waals surface area contributed by atoms with Crippen LogP contribution in [0.25, 0.3) is 11.4 Å². The smallest absolute Gasteiger partial charge is 0.233 e. The number of rotatable bonds is 9. The van der Waals surface area contributed by atoms with Crippen molar-refractivity contribution in [2.75, 3.05) is 19.9 Å². The number of ether oxygens (including phenoxy) is 1. The maximum atomic E-state index is 12.9. The number of benzene rings is 2. The minimum absolute atomic E-state index is 0.0202. The molecule has 0 N–H and O–H groups in total. The lowest BCUT2D eigenvalue weighted by atomic mass is 10.1. The van der Waals surface area contributed by atoms with Gasteiger partial charge in [-0.15, -0.1) is 10.2 Å². The number of thioether (sulfide) groups is 1. The van der Waals surface area contributed by atoms with Gasteiger partial charge in [-0.25, -0.2) is 0 Å². The van der Waals surface area contributed by atoms with Gasteiger partial charge >= 0.3 is 0 Å². The number of carbonyl (C=O) groups is 1. The predicted octanol–water partition coefficient (Wildman–Crippen LogP) is 4.91. The van der Waals surface area contributed by atoms with Crippen LogP contribution in [0.4, 0.5) is 0 Å². The summed E-state index contributed by atoms with van der Waals surface area (Å²) in [5.41, 5.74) is 1.97. The third-order valence-electron chi connectivity index (χ3n) is 5.52. The van der Waals surface area contributed by atoms with Crippen molar-refractivity contribution in [1.29, 1.82) is 0 Å². The van der Waals surface area contributed by atoms with Gasteiger partial charge in [0.05, 0.1) is 31.7 Å². The number of furan rings is 1. The van der Waals surface area contributed by atoms with E-state index in [1.165, 1.54) is 11.8 Å². The largest absolute Gasteiger partial charge is 0.497 e. The number of hydrogen-bond donors (Lipinski definition) is 0. The van der Waals surface area contributed by atoms with Crippen LogP contribution in [0.1, 0.15) is 24.3 Å². The summed E-state index contributed by atoms with van der Waals surface area (Å²) < 4.78 is 12.9. The van der Waals surface area contributed by atoms with Crippen molar-refractivity contribution in [1.82, 2.24) is 19.7 Å². The van der Waals surface area contributed by atoms with Crippen molar-refractivity contribution in [3.8, 4) is 17.1 Å². The Kier molecular flexibility index (Phi) is 7.14. The van der Waals surface area contributed by atoms with Crippen LogP contribution in [0.5, 0.6) is 5.75 Å². The van der Waals surface area contributed by atoms with Crippen molar-refractivity contribution >= 4 is 17.7 Å². The SMILES string of the molecule is COc1cccc(-c2nnc(SCC(=O)N(C)[C@H](C)c3ccccc3)n2Cc2ccco2)c1. The molecule has 0 saturated heterocycles. The van der Waals surface area contributed by atoms with Crippen LogP contribution in [-0.4, -0.2) is 45.5 Å². The summed E-state index contributed by atoms with van der Waals surface area (Å²) in [5.74, 6) is 2.48. The van der Waals surface area contributed by atoms with Crippen LogP contribution in [0.2, 0.25) is 0 Å². The molecule has 170 valence electrons. The van der Waals surface area contributed by atoms with E-state index >= 15 is 0 Å². The minimum Gasteiger partial charge on any atom is -0.497 e. The molecule has 7 nitrogen and oxygen atoms in total. The van der Waals surface area contributed by atoms with Crippen LogP contribution in [0, 0.1) is 0 Å². The predicted molar refractivity (Wildman–Crippen MR) is 128 cm³/mol. The number of nitrogens with zero attached hydrogens (tertiary/aromatic N) is 4. The normalized spacial score (nSPS) is 11.8. The van der Waals surface area contributed by atoms with E-state index in [9.17, 15) is 4.79 Å². The third kappa shape index (κ3) is 5.28. The Morgan fingerprint density at radius 1 is 1.12 bits per heavy atom. The van der Waals surface area contributed by atoms with Gasteiger partial charge in [0, 0.05) is 12.6 Å². The van der Waals surface area contributed by atoms with Crippen molar-refractivity contribution in [3.05, 3.63) is 84.3 Å². The third-order valence-corrected chi connectivity index (χ3v) is 6.47. The Balaban J connectivity index is 1.54. The number of hydrogen-bond acceptors (Lipinski definition) is 6.